The molecule has 0 bridgehead atoms. The van der Waals surface area contributed by atoms with Crippen LogP contribution >= 0.6 is 11.3 Å². The maximum atomic E-state index is 12.4. The van der Waals surface area contributed by atoms with Crippen molar-refractivity contribution in [3.63, 3.8) is 0 Å². The van der Waals surface area contributed by atoms with Crippen molar-refractivity contribution in [1.29, 1.82) is 0 Å². The van der Waals surface area contributed by atoms with E-state index in [-0.39, 0.29) is 18.4 Å². The monoisotopic (exact) mass is 401 g/mol. The first-order valence-electron chi connectivity index (χ1n) is 8.39. The number of anilines is 2. The predicted octanol–water partition coefficient (Wildman–Crippen LogP) is 1.63. The van der Waals surface area contributed by atoms with Crippen molar-refractivity contribution in [1.82, 2.24) is 15.9 Å². The van der Waals surface area contributed by atoms with Crippen molar-refractivity contribution in [2.24, 2.45) is 0 Å². The van der Waals surface area contributed by atoms with Crippen LogP contribution in [0.15, 0.2) is 42.5 Å². The van der Waals surface area contributed by atoms with Crippen molar-refractivity contribution < 1.29 is 19.6 Å². The molecule has 0 fully saturated rings. The molecule has 5 N–H and O–H groups in total. The molecular formula is C18H19N5O4S. The summed E-state index contributed by atoms with van der Waals surface area (Å²) in [6.07, 6.45) is 1.92. The molecule has 0 atom stereocenters. The number of amides is 3. The van der Waals surface area contributed by atoms with Crippen LogP contribution in [0.4, 0.5) is 11.4 Å². The topological polar surface area (TPSA) is 123 Å². The Morgan fingerprint density at radius 2 is 1.79 bits per heavy atom. The number of benzene rings is 1. The number of carbonyl (C=O) groups excluding carboxylic acids is 3. The molecule has 3 amide bonds. The van der Waals surface area contributed by atoms with Gasteiger partial charge in [-0.25, -0.2) is 10.9 Å². The summed E-state index contributed by atoms with van der Waals surface area (Å²) in [6.45, 7) is 2.06. The van der Waals surface area contributed by atoms with E-state index >= 15 is 0 Å². The Labute approximate surface area is 165 Å². The molecule has 0 saturated carbocycles. The number of hydroxylamine groups is 1. The van der Waals surface area contributed by atoms with E-state index in [0.29, 0.717) is 22.8 Å². The van der Waals surface area contributed by atoms with Gasteiger partial charge in [-0.2, -0.15) is 0 Å². The third kappa shape index (κ3) is 4.74. The molecule has 3 rings (SSSR count). The molecular weight excluding hydrogens is 382 g/mol. The molecule has 9 nitrogen and oxygen atoms in total. The SMILES string of the molecule is CC(=O)Nc1ccc(NC(=O)CN2NCC=C2c2ccc(C(=O)NO)s2)cc1. The zero-order chi connectivity index (χ0) is 20.1. The van der Waals surface area contributed by atoms with Crippen LogP contribution in [-0.4, -0.2) is 41.0 Å². The third-order valence-corrected chi connectivity index (χ3v) is 4.95. The molecule has 0 saturated heterocycles. The summed E-state index contributed by atoms with van der Waals surface area (Å²) in [6, 6.07) is 10.2. The summed E-state index contributed by atoms with van der Waals surface area (Å²) in [7, 11) is 0. The number of hydrogen-bond donors (Lipinski definition) is 5. The molecule has 2 heterocycles. The van der Waals surface area contributed by atoms with Crippen LogP contribution in [0.5, 0.6) is 0 Å². The Morgan fingerprint density at radius 1 is 1.11 bits per heavy atom. The lowest BCUT2D eigenvalue weighted by molar-refractivity contribution is -0.117. The second-order valence-corrected chi connectivity index (χ2v) is 7.03. The summed E-state index contributed by atoms with van der Waals surface area (Å²) in [5, 5.41) is 15.9. The Kier molecular flexibility index (Phi) is 6.04. The Balaban J connectivity index is 1.60. The zero-order valence-corrected chi connectivity index (χ0v) is 15.8. The molecule has 1 aromatic heterocycles. The minimum atomic E-state index is -0.574. The molecule has 0 aliphatic carbocycles. The summed E-state index contributed by atoms with van der Waals surface area (Å²) >= 11 is 1.22. The predicted molar refractivity (Wildman–Crippen MR) is 106 cm³/mol. The van der Waals surface area contributed by atoms with Gasteiger partial charge in [0.25, 0.3) is 5.91 Å². The van der Waals surface area contributed by atoms with E-state index in [1.165, 1.54) is 18.3 Å². The summed E-state index contributed by atoms with van der Waals surface area (Å²) in [5.41, 5.74) is 6.75. The summed E-state index contributed by atoms with van der Waals surface area (Å²) in [5.74, 6) is -0.961. The Hall–Kier alpha value is -3.21. The van der Waals surface area contributed by atoms with E-state index in [0.717, 1.165) is 10.6 Å². The quantitative estimate of drug-likeness (QED) is 0.370. The van der Waals surface area contributed by atoms with Crippen LogP contribution < -0.4 is 21.5 Å². The van der Waals surface area contributed by atoms with E-state index in [1.807, 2.05) is 6.08 Å². The average Bonchev–Trinajstić information content (AvgIpc) is 3.31. The van der Waals surface area contributed by atoms with Crippen LogP contribution in [0.3, 0.4) is 0 Å². The lowest BCUT2D eigenvalue weighted by atomic mass is 10.2. The van der Waals surface area contributed by atoms with E-state index in [1.54, 1.807) is 46.9 Å². The van der Waals surface area contributed by atoms with Crippen molar-refractivity contribution >= 4 is 46.1 Å². The first-order valence-corrected chi connectivity index (χ1v) is 9.21. The molecule has 0 unspecified atom stereocenters. The molecule has 1 aliphatic heterocycles. The lowest BCUT2D eigenvalue weighted by Gasteiger charge is -2.21. The van der Waals surface area contributed by atoms with Crippen LogP contribution in [-0.2, 0) is 9.59 Å². The van der Waals surface area contributed by atoms with Gasteiger partial charge in [-0.1, -0.05) is 0 Å². The average molecular weight is 401 g/mol. The van der Waals surface area contributed by atoms with Crippen LogP contribution in [0.2, 0.25) is 0 Å². The van der Waals surface area contributed by atoms with Crippen LogP contribution in [0.25, 0.3) is 5.70 Å². The number of carbonyl (C=O) groups is 3. The highest BCUT2D eigenvalue weighted by molar-refractivity contribution is 7.15. The smallest absolute Gasteiger partial charge is 0.284 e. The third-order valence-electron chi connectivity index (χ3n) is 3.84. The van der Waals surface area contributed by atoms with Crippen molar-refractivity contribution in [2.75, 3.05) is 23.7 Å². The number of hydrogen-bond acceptors (Lipinski definition) is 7. The van der Waals surface area contributed by atoms with Gasteiger partial charge in [0, 0.05) is 24.8 Å². The largest absolute Gasteiger partial charge is 0.326 e. The molecule has 0 radical (unpaired) electrons. The van der Waals surface area contributed by atoms with Crippen LogP contribution in [0.1, 0.15) is 21.5 Å². The summed E-state index contributed by atoms with van der Waals surface area (Å²) < 4.78 is 0. The van der Waals surface area contributed by atoms with Gasteiger partial charge in [-0.05, 0) is 42.5 Å². The number of thiophene rings is 1. The fourth-order valence-corrected chi connectivity index (χ4v) is 3.61. The van der Waals surface area contributed by atoms with Crippen molar-refractivity contribution in [3.05, 3.63) is 52.2 Å². The van der Waals surface area contributed by atoms with E-state index in [2.05, 4.69) is 16.1 Å². The number of rotatable bonds is 6. The number of hydrazine groups is 1. The van der Waals surface area contributed by atoms with Gasteiger partial charge in [-0.3, -0.25) is 24.6 Å². The molecule has 28 heavy (non-hydrogen) atoms. The second kappa shape index (κ2) is 8.65. The van der Waals surface area contributed by atoms with E-state index in [4.69, 9.17) is 5.21 Å². The van der Waals surface area contributed by atoms with Gasteiger partial charge in [0.1, 0.15) is 6.54 Å². The van der Waals surface area contributed by atoms with E-state index < -0.39 is 5.91 Å². The fourth-order valence-electron chi connectivity index (χ4n) is 2.66. The molecule has 146 valence electrons. The minimum Gasteiger partial charge on any atom is -0.326 e. The normalized spacial score (nSPS) is 13.1. The van der Waals surface area contributed by atoms with Gasteiger partial charge in [0.2, 0.25) is 11.8 Å². The van der Waals surface area contributed by atoms with Crippen molar-refractivity contribution in [3.8, 4) is 0 Å². The number of nitrogens with zero attached hydrogens (tertiary/aromatic N) is 1. The van der Waals surface area contributed by atoms with Crippen molar-refractivity contribution in [2.45, 2.75) is 6.92 Å². The molecule has 2 aromatic rings. The highest BCUT2D eigenvalue weighted by Gasteiger charge is 2.21. The lowest BCUT2D eigenvalue weighted by Crippen LogP contribution is -2.38. The Morgan fingerprint density at radius 3 is 2.43 bits per heavy atom. The molecule has 1 aliphatic rings. The van der Waals surface area contributed by atoms with Gasteiger partial charge >= 0.3 is 0 Å². The fraction of sp³-hybridized carbons (Fsp3) is 0.167. The number of nitrogens with one attached hydrogen (secondary N) is 4. The first-order chi connectivity index (χ1) is 13.5. The highest BCUT2D eigenvalue weighted by atomic mass is 32.1. The first kappa shape index (κ1) is 19.5. The molecule has 10 heteroatoms. The standard InChI is InChI=1S/C18H19N5O4S/c1-11(24)20-12-2-4-13(5-3-12)21-17(25)10-23-14(8-9-19-23)15-6-7-16(28-15)18(26)22-27/h2-8,19,27H,9-10H2,1H3,(H,20,24)(H,21,25)(H,22,26). The van der Waals surface area contributed by atoms with Gasteiger partial charge < -0.3 is 10.6 Å². The van der Waals surface area contributed by atoms with Gasteiger partial charge in [0.15, 0.2) is 0 Å². The second-order valence-electron chi connectivity index (χ2n) is 5.95. The van der Waals surface area contributed by atoms with Gasteiger partial charge in [-0.15, -0.1) is 11.3 Å². The minimum absolute atomic E-state index is 0.0682. The molecule has 0 spiro atoms. The highest BCUT2D eigenvalue weighted by Crippen LogP contribution is 2.28. The summed E-state index contributed by atoms with van der Waals surface area (Å²) in [4.78, 5) is 36.1. The van der Waals surface area contributed by atoms with Crippen LogP contribution in [0, 0.1) is 0 Å². The maximum absolute atomic E-state index is 12.4. The maximum Gasteiger partial charge on any atom is 0.284 e. The Bertz CT molecular complexity index is 922. The van der Waals surface area contributed by atoms with Gasteiger partial charge in [0.05, 0.1) is 15.5 Å². The van der Waals surface area contributed by atoms with E-state index in [9.17, 15) is 14.4 Å². The zero-order valence-electron chi connectivity index (χ0n) is 15.0. The molecule has 1 aromatic carbocycles.